The molecule has 0 aromatic carbocycles. The minimum absolute atomic E-state index is 0.650. The highest BCUT2D eigenvalue weighted by Crippen LogP contribution is 2.10. The van der Waals surface area contributed by atoms with Crippen LogP contribution in [0.25, 0.3) is 0 Å². The van der Waals surface area contributed by atoms with Crippen LogP contribution in [0.4, 0.5) is 0 Å². The third-order valence-corrected chi connectivity index (χ3v) is 2.56. The molecule has 0 aliphatic heterocycles. The Labute approximate surface area is 94.3 Å². The summed E-state index contributed by atoms with van der Waals surface area (Å²) in [5.41, 5.74) is 0. The van der Waals surface area contributed by atoms with Crippen LogP contribution in [0.1, 0.15) is 64.7 Å². The van der Waals surface area contributed by atoms with Gasteiger partial charge in [0.05, 0.1) is 6.26 Å². The number of hydrogen-bond donors (Lipinski definition) is 1. The minimum atomic E-state index is -0.650. The van der Waals surface area contributed by atoms with Gasteiger partial charge in [-0.1, -0.05) is 58.4 Å². The van der Waals surface area contributed by atoms with Crippen molar-refractivity contribution in [2.45, 2.75) is 71.0 Å². The largest absolute Gasteiger partial charge is 0.473 e. The van der Waals surface area contributed by atoms with Crippen LogP contribution in [0, 0.1) is 0 Å². The fourth-order valence-corrected chi connectivity index (χ4v) is 1.63. The number of ether oxygens (including phenoxy) is 1. The molecule has 0 radical (unpaired) electrons. The first kappa shape index (κ1) is 14.5. The van der Waals surface area contributed by atoms with Crippen molar-refractivity contribution in [3.05, 3.63) is 12.8 Å². The summed E-state index contributed by atoms with van der Waals surface area (Å²) in [4.78, 5) is 0. The highest BCUT2D eigenvalue weighted by Gasteiger charge is 2.00. The van der Waals surface area contributed by atoms with E-state index in [-0.39, 0.29) is 0 Å². The molecule has 0 saturated heterocycles. The number of unbranched alkanes of at least 4 members (excludes halogenated alkanes) is 7. The lowest BCUT2D eigenvalue weighted by Gasteiger charge is -2.08. The van der Waals surface area contributed by atoms with Crippen molar-refractivity contribution in [1.29, 1.82) is 0 Å². The van der Waals surface area contributed by atoms with Crippen LogP contribution in [0.15, 0.2) is 12.8 Å². The molecule has 0 heterocycles. The molecule has 0 aromatic rings. The summed E-state index contributed by atoms with van der Waals surface area (Å²) in [6, 6.07) is 0. The third kappa shape index (κ3) is 11.4. The normalized spacial score (nSPS) is 12.4. The molecule has 2 nitrogen and oxygen atoms in total. The van der Waals surface area contributed by atoms with Crippen LogP contribution >= 0.6 is 0 Å². The molecule has 0 aromatic heterocycles. The zero-order valence-corrected chi connectivity index (χ0v) is 10.1. The Morgan fingerprint density at radius 3 is 2.13 bits per heavy atom. The van der Waals surface area contributed by atoms with Gasteiger partial charge in [-0.05, 0) is 6.42 Å². The Kier molecular flexibility index (Phi) is 11.2. The summed E-state index contributed by atoms with van der Waals surface area (Å²) in [7, 11) is 0. The topological polar surface area (TPSA) is 29.5 Å². The Balaban J connectivity index is 3.01. The summed E-state index contributed by atoms with van der Waals surface area (Å²) in [6.45, 7) is 5.64. The van der Waals surface area contributed by atoms with E-state index in [2.05, 4.69) is 13.5 Å². The standard InChI is InChI=1S/C13H26O2/c1-3-5-6-7-8-9-10-11-12-13(14)15-4-2/h4,13-14H,2-3,5-12H2,1H3. The van der Waals surface area contributed by atoms with Gasteiger partial charge in [-0.2, -0.15) is 0 Å². The predicted octanol–water partition coefficient (Wildman–Crippen LogP) is 4.00. The molecule has 2 heteroatoms. The van der Waals surface area contributed by atoms with Crippen LogP contribution in [0.3, 0.4) is 0 Å². The number of rotatable bonds is 11. The predicted molar refractivity (Wildman–Crippen MR) is 64.5 cm³/mol. The lowest BCUT2D eigenvalue weighted by atomic mass is 10.1. The second-order valence-corrected chi connectivity index (χ2v) is 4.02. The van der Waals surface area contributed by atoms with E-state index in [0.29, 0.717) is 0 Å². The fraction of sp³-hybridized carbons (Fsp3) is 0.846. The summed E-state index contributed by atoms with van der Waals surface area (Å²) >= 11 is 0. The summed E-state index contributed by atoms with van der Waals surface area (Å²) in [5.74, 6) is 0. The molecule has 0 amide bonds. The molecule has 15 heavy (non-hydrogen) atoms. The summed E-state index contributed by atoms with van der Waals surface area (Å²) in [5, 5.41) is 9.23. The van der Waals surface area contributed by atoms with Gasteiger partial charge in [0.2, 0.25) is 0 Å². The third-order valence-electron chi connectivity index (χ3n) is 2.56. The lowest BCUT2D eigenvalue weighted by Crippen LogP contribution is -2.07. The van der Waals surface area contributed by atoms with Crippen molar-refractivity contribution in [3.63, 3.8) is 0 Å². The van der Waals surface area contributed by atoms with E-state index in [0.717, 1.165) is 12.8 Å². The van der Waals surface area contributed by atoms with Crippen LogP contribution in [-0.4, -0.2) is 11.4 Å². The molecule has 0 spiro atoms. The van der Waals surface area contributed by atoms with E-state index in [1.807, 2.05) is 0 Å². The van der Waals surface area contributed by atoms with Crippen LogP contribution in [0.5, 0.6) is 0 Å². The molecule has 0 aliphatic rings. The second-order valence-electron chi connectivity index (χ2n) is 4.02. The molecule has 0 saturated carbocycles. The number of aliphatic hydroxyl groups excluding tert-OH is 1. The maximum atomic E-state index is 9.23. The van der Waals surface area contributed by atoms with E-state index < -0.39 is 6.29 Å². The molecule has 90 valence electrons. The van der Waals surface area contributed by atoms with E-state index in [1.165, 1.54) is 51.2 Å². The van der Waals surface area contributed by atoms with Gasteiger partial charge in [0, 0.05) is 6.42 Å². The first-order chi connectivity index (χ1) is 7.31. The van der Waals surface area contributed by atoms with Gasteiger partial charge in [0.15, 0.2) is 6.29 Å². The molecule has 0 rings (SSSR count). The molecule has 0 aliphatic carbocycles. The van der Waals surface area contributed by atoms with Gasteiger partial charge in [-0.15, -0.1) is 0 Å². The first-order valence-electron chi connectivity index (χ1n) is 6.25. The van der Waals surface area contributed by atoms with Gasteiger partial charge in [0.25, 0.3) is 0 Å². The van der Waals surface area contributed by atoms with Crippen molar-refractivity contribution in [1.82, 2.24) is 0 Å². The van der Waals surface area contributed by atoms with Crippen LogP contribution < -0.4 is 0 Å². The SMILES string of the molecule is C=COC(O)CCCCCCCCCC. The van der Waals surface area contributed by atoms with Gasteiger partial charge >= 0.3 is 0 Å². The number of aliphatic hydroxyl groups is 1. The van der Waals surface area contributed by atoms with E-state index in [4.69, 9.17) is 4.74 Å². The average Bonchev–Trinajstić information content (AvgIpc) is 2.22. The molecule has 0 fully saturated rings. The monoisotopic (exact) mass is 214 g/mol. The highest BCUT2D eigenvalue weighted by molar-refractivity contribution is 4.53. The van der Waals surface area contributed by atoms with Crippen LogP contribution in [-0.2, 0) is 4.74 Å². The summed E-state index contributed by atoms with van der Waals surface area (Å²) < 4.78 is 4.82. The highest BCUT2D eigenvalue weighted by atomic mass is 16.6. The first-order valence-corrected chi connectivity index (χ1v) is 6.25. The molecular weight excluding hydrogens is 188 g/mol. The Morgan fingerprint density at radius 2 is 1.60 bits per heavy atom. The van der Waals surface area contributed by atoms with Gasteiger partial charge in [-0.3, -0.25) is 0 Å². The minimum Gasteiger partial charge on any atom is -0.473 e. The summed E-state index contributed by atoms with van der Waals surface area (Å²) in [6.07, 6.45) is 11.6. The lowest BCUT2D eigenvalue weighted by molar-refractivity contribution is -0.0569. The molecular formula is C13H26O2. The maximum absolute atomic E-state index is 9.23. The molecule has 1 unspecified atom stereocenters. The Bertz CT molecular complexity index is 134. The second kappa shape index (κ2) is 11.6. The molecule has 0 bridgehead atoms. The van der Waals surface area contributed by atoms with Gasteiger partial charge in [0.1, 0.15) is 0 Å². The van der Waals surface area contributed by atoms with Crippen LogP contribution in [0.2, 0.25) is 0 Å². The zero-order chi connectivity index (χ0) is 11.4. The Morgan fingerprint density at radius 1 is 1.07 bits per heavy atom. The zero-order valence-electron chi connectivity index (χ0n) is 10.1. The smallest absolute Gasteiger partial charge is 0.196 e. The Hall–Kier alpha value is -0.500. The molecule has 1 atom stereocenters. The van der Waals surface area contributed by atoms with Crippen molar-refractivity contribution in [2.24, 2.45) is 0 Å². The quantitative estimate of drug-likeness (QED) is 0.320. The van der Waals surface area contributed by atoms with E-state index in [1.54, 1.807) is 0 Å². The van der Waals surface area contributed by atoms with Crippen molar-refractivity contribution < 1.29 is 9.84 Å². The van der Waals surface area contributed by atoms with Crippen molar-refractivity contribution >= 4 is 0 Å². The molecule has 1 N–H and O–H groups in total. The fourth-order valence-electron chi connectivity index (χ4n) is 1.63. The van der Waals surface area contributed by atoms with E-state index in [9.17, 15) is 5.11 Å². The number of hydrogen-bond acceptors (Lipinski definition) is 2. The van der Waals surface area contributed by atoms with E-state index >= 15 is 0 Å². The van der Waals surface area contributed by atoms with Crippen molar-refractivity contribution in [2.75, 3.05) is 0 Å². The average molecular weight is 214 g/mol. The van der Waals surface area contributed by atoms with Crippen molar-refractivity contribution in [3.8, 4) is 0 Å². The maximum Gasteiger partial charge on any atom is 0.196 e. The van der Waals surface area contributed by atoms with Gasteiger partial charge < -0.3 is 9.84 Å². The van der Waals surface area contributed by atoms with Gasteiger partial charge in [-0.25, -0.2) is 0 Å².